The number of benzene rings is 1. The fourth-order valence-corrected chi connectivity index (χ4v) is 2.56. The van der Waals surface area contributed by atoms with Gasteiger partial charge in [-0.1, -0.05) is 6.07 Å². The Morgan fingerprint density at radius 1 is 1.33 bits per heavy atom. The van der Waals surface area contributed by atoms with E-state index >= 15 is 0 Å². The normalized spacial score (nSPS) is 10.5. The highest BCUT2D eigenvalue weighted by Gasteiger charge is 2.09. The van der Waals surface area contributed by atoms with Crippen LogP contribution in [-0.4, -0.2) is 34.6 Å². The number of amides is 2. The summed E-state index contributed by atoms with van der Waals surface area (Å²) in [5.74, 6) is 0.463. The van der Waals surface area contributed by atoms with Crippen molar-refractivity contribution in [2.75, 3.05) is 13.7 Å². The average molecular weight is 332 g/mol. The van der Waals surface area contributed by atoms with Crippen molar-refractivity contribution in [2.45, 2.75) is 26.8 Å². The van der Waals surface area contributed by atoms with Crippen molar-refractivity contribution in [3.8, 4) is 11.5 Å². The minimum atomic E-state index is -0.235. The third kappa shape index (κ3) is 4.18. The number of nitrogens with zero attached hydrogens (tertiary/aromatic N) is 2. The zero-order valence-corrected chi connectivity index (χ0v) is 14.5. The Labute approximate surface area is 141 Å². The average Bonchev–Trinajstić information content (AvgIpc) is 2.80. The lowest BCUT2D eigenvalue weighted by atomic mass is 10.1. The first-order chi connectivity index (χ1) is 11.4. The van der Waals surface area contributed by atoms with Crippen LogP contribution in [0, 0.1) is 13.8 Å². The second-order valence-electron chi connectivity index (χ2n) is 5.64. The van der Waals surface area contributed by atoms with Crippen molar-refractivity contribution >= 4 is 6.03 Å². The molecule has 7 heteroatoms. The molecule has 2 aromatic rings. The van der Waals surface area contributed by atoms with Crippen molar-refractivity contribution in [3.63, 3.8) is 0 Å². The van der Waals surface area contributed by atoms with Crippen molar-refractivity contribution in [2.24, 2.45) is 7.05 Å². The van der Waals surface area contributed by atoms with Gasteiger partial charge in [-0.05, 0) is 43.5 Å². The van der Waals surface area contributed by atoms with Crippen LogP contribution in [0.4, 0.5) is 4.79 Å². The van der Waals surface area contributed by atoms with Crippen LogP contribution in [0.3, 0.4) is 0 Å². The van der Waals surface area contributed by atoms with Crippen molar-refractivity contribution < 1.29 is 14.6 Å². The zero-order valence-electron chi connectivity index (χ0n) is 14.5. The number of aromatic hydroxyl groups is 1. The molecule has 0 saturated heterocycles. The Bertz CT molecular complexity index is 725. The molecule has 0 spiro atoms. The lowest BCUT2D eigenvalue weighted by Gasteiger charge is -2.09. The minimum Gasteiger partial charge on any atom is -0.504 e. The van der Waals surface area contributed by atoms with Crippen LogP contribution in [0.25, 0.3) is 0 Å². The molecule has 7 nitrogen and oxygen atoms in total. The SMILES string of the molecule is COc1cc(CNC(=O)NCCc2c(C)nn(C)c2C)ccc1O. The van der Waals surface area contributed by atoms with E-state index in [0.717, 1.165) is 23.4 Å². The molecule has 0 bridgehead atoms. The number of nitrogens with one attached hydrogen (secondary N) is 2. The molecule has 1 heterocycles. The van der Waals surface area contributed by atoms with Crippen LogP contribution in [0.1, 0.15) is 22.5 Å². The molecule has 0 aliphatic carbocycles. The number of methoxy groups -OCH3 is 1. The summed E-state index contributed by atoms with van der Waals surface area (Å²) in [5, 5.41) is 19.5. The quantitative estimate of drug-likeness (QED) is 0.752. The van der Waals surface area contributed by atoms with Crippen LogP contribution in [-0.2, 0) is 20.0 Å². The molecule has 0 aliphatic rings. The summed E-state index contributed by atoms with van der Waals surface area (Å²) in [6.45, 7) is 4.89. The molecule has 0 atom stereocenters. The van der Waals surface area contributed by atoms with E-state index in [-0.39, 0.29) is 11.8 Å². The van der Waals surface area contributed by atoms with E-state index < -0.39 is 0 Å². The molecule has 3 N–H and O–H groups in total. The predicted molar refractivity (Wildman–Crippen MR) is 91.3 cm³/mol. The Morgan fingerprint density at radius 2 is 2.08 bits per heavy atom. The first-order valence-electron chi connectivity index (χ1n) is 7.79. The van der Waals surface area contributed by atoms with Gasteiger partial charge >= 0.3 is 6.03 Å². The molecule has 24 heavy (non-hydrogen) atoms. The Hall–Kier alpha value is -2.70. The third-order valence-electron chi connectivity index (χ3n) is 4.02. The number of carbonyl (C=O) groups is 1. The fourth-order valence-electron chi connectivity index (χ4n) is 2.56. The summed E-state index contributed by atoms with van der Waals surface area (Å²) < 4.78 is 6.89. The van der Waals surface area contributed by atoms with Gasteiger partial charge < -0.3 is 20.5 Å². The third-order valence-corrected chi connectivity index (χ3v) is 4.02. The van der Waals surface area contributed by atoms with Gasteiger partial charge in [0.25, 0.3) is 0 Å². The Morgan fingerprint density at radius 3 is 2.71 bits per heavy atom. The topological polar surface area (TPSA) is 88.4 Å². The second-order valence-corrected chi connectivity index (χ2v) is 5.64. The van der Waals surface area contributed by atoms with E-state index in [1.54, 1.807) is 18.2 Å². The van der Waals surface area contributed by atoms with E-state index in [9.17, 15) is 9.90 Å². The standard InChI is InChI=1S/C17H24N4O3/c1-11-14(12(2)21(3)20-11)7-8-18-17(23)19-10-13-5-6-15(22)16(9-13)24-4/h5-6,9,22H,7-8,10H2,1-4H3,(H2,18,19,23). The molecule has 1 aromatic carbocycles. The van der Waals surface area contributed by atoms with Crippen molar-refractivity contribution in [1.29, 1.82) is 0 Å². The highest BCUT2D eigenvalue weighted by molar-refractivity contribution is 5.73. The van der Waals surface area contributed by atoms with Crippen molar-refractivity contribution in [3.05, 3.63) is 40.7 Å². The monoisotopic (exact) mass is 332 g/mol. The summed E-state index contributed by atoms with van der Waals surface area (Å²) in [5.41, 5.74) is 4.12. The highest BCUT2D eigenvalue weighted by Crippen LogP contribution is 2.26. The maximum Gasteiger partial charge on any atom is 0.315 e. The molecule has 0 radical (unpaired) electrons. The van der Waals surface area contributed by atoms with Gasteiger partial charge in [-0.2, -0.15) is 5.10 Å². The van der Waals surface area contributed by atoms with Crippen molar-refractivity contribution in [1.82, 2.24) is 20.4 Å². The molecule has 1 aromatic heterocycles. The van der Waals surface area contributed by atoms with E-state index in [0.29, 0.717) is 18.8 Å². The zero-order chi connectivity index (χ0) is 17.7. The van der Waals surface area contributed by atoms with Gasteiger partial charge in [0.05, 0.1) is 12.8 Å². The van der Waals surface area contributed by atoms with Crippen LogP contribution in [0.2, 0.25) is 0 Å². The van der Waals surface area contributed by atoms with Crippen LogP contribution in [0.5, 0.6) is 11.5 Å². The maximum atomic E-state index is 11.9. The fraction of sp³-hybridized carbons (Fsp3) is 0.412. The smallest absolute Gasteiger partial charge is 0.315 e. The lowest BCUT2D eigenvalue weighted by Crippen LogP contribution is -2.36. The highest BCUT2D eigenvalue weighted by atomic mass is 16.5. The summed E-state index contributed by atoms with van der Waals surface area (Å²) in [6.07, 6.45) is 0.742. The molecular weight excluding hydrogens is 308 g/mol. The number of aryl methyl sites for hydroxylation is 2. The van der Waals surface area contributed by atoms with Crippen LogP contribution in [0.15, 0.2) is 18.2 Å². The van der Waals surface area contributed by atoms with Gasteiger partial charge in [-0.15, -0.1) is 0 Å². The van der Waals surface area contributed by atoms with Gasteiger partial charge in [-0.25, -0.2) is 4.79 Å². The van der Waals surface area contributed by atoms with E-state index in [4.69, 9.17) is 4.74 Å². The van der Waals surface area contributed by atoms with Gasteiger partial charge in [0.1, 0.15) is 0 Å². The number of aromatic nitrogens is 2. The molecule has 2 rings (SSSR count). The first kappa shape index (κ1) is 17.7. The maximum absolute atomic E-state index is 11.9. The molecule has 0 saturated carbocycles. The Kier molecular flexibility index (Phi) is 5.68. The van der Waals surface area contributed by atoms with Crippen LogP contribution < -0.4 is 15.4 Å². The number of hydrogen-bond acceptors (Lipinski definition) is 4. The second kappa shape index (κ2) is 7.72. The molecule has 0 unspecified atom stereocenters. The largest absolute Gasteiger partial charge is 0.504 e. The molecule has 2 amide bonds. The predicted octanol–water partition coefficient (Wildman–Crippen LogP) is 1.79. The number of rotatable bonds is 6. The van der Waals surface area contributed by atoms with Gasteiger partial charge in [0.15, 0.2) is 11.5 Å². The molecule has 0 fully saturated rings. The van der Waals surface area contributed by atoms with E-state index in [1.165, 1.54) is 12.7 Å². The van der Waals surface area contributed by atoms with E-state index in [1.807, 2.05) is 25.6 Å². The number of phenolic OH excluding ortho intramolecular Hbond substituents is 1. The Balaban J connectivity index is 1.79. The van der Waals surface area contributed by atoms with Gasteiger partial charge in [0.2, 0.25) is 0 Å². The molecular formula is C17H24N4O3. The summed E-state index contributed by atoms with van der Waals surface area (Å²) in [6, 6.07) is 4.74. The van der Waals surface area contributed by atoms with E-state index in [2.05, 4.69) is 15.7 Å². The number of phenols is 1. The molecule has 0 aliphatic heterocycles. The number of carbonyl (C=O) groups excluding carboxylic acids is 1. The first-order valence-corrected chi connectivity index (χ1v) is 7.79. The molecule has 130 valence electrons. The number of urea groups is 1. The summed E-state index contributed by atoms with van der Waals surface area (Å²) in [7, 11) is 3.40. The van der Waals surface area contributed by atoms with Gasteiger partial charge in [-0.3, -0.25) is 4.68 Å². The summed E-state index contributed by atoms with van der Waals surface area (Å²) >= 11 is 0. The lowest BCUT2D eigenvalue weighted by molar-refractivity contribution is 0.240. The number of ether oxygens (including phenoxy) is 1. The summed E-state index contributed by atoms with van der Waals surface area (Å²) in [4.78, 5) is 11.9. The minimum absolute atomic E-state index is 0.0768. The number of hydrogen-bond donors (Lipinski definition) is 3. The van der Waals surface area contributed by atoms with Gasteiger partial charge in [0, 0.05) is 25.8 Å². The van der Waals surface area contributed by atoms with Crippen LogP contribution >= 0.6 is 0 Å².